The lowest BCUT2D eigenvalue weighted by atomic mass is 10.1. The second-order valence-corrected chi connectivity index (χ2v) is 8.65. The Hall–Kier alpha value is -1.52. The highest BCUT2D eigenvalue weighted by atomic mass is 32.2. The van der Waals surface area contributed by atoms with E-state index in [0.717, 1.165) is 9.86 Å². The molecule has 0 aliphatic rings. The number of anilines is 1. The highest BCUT2D eigenvalue weighted by Gasteiger charge is 2.18. The molecular weight excluding hydrogens is 344 g/mol. The van der Waals surface area contributed by atoms with Crippen LogP contribution in [0.4, 0.5) is 5.69 Å². The molecule has 0 N–H and O–H groups in total. The Kier molecular flexibility index (Phi) is 6.76. The summed E-state index contributed by atoms with van der Waals surface area (Å²) >= 11 is 3.56. The SMILES string of the molecule is CCCCCCC(C)N(Sc1nc2ccccc2s1)c1ccccc1. The summed E-state index contributed by atoms with van der Waals surface area (Å²) in [5.74, 6) is 0. The van der Waals surface area contributed by atoms with Gasteiger partial charge in [-0.1, -0.05) is 62.9 Å². The quantitative estimate of drug-likeness (QED) is 0.293. The number of aromatic nitrogens is 1. The van der Waals surface area contributed by atoms with Gasteiger partial charge in [0.25, 0.3) is 0 Å². The Balaban J connectivity index is 1.76. The lowest BCUT2D eigenvalue weighted by molar-refractivity contribution is 0.579. The Bertz CT molecular complexity index is 737. The van der Waals surface area contributed by atoms with Gasteiger partial charge in [-0.2, -0.15) is 0 Å². The largest absolute Gasteiger partial charge is 0.307 e. The summed E-state index contributed by atoms with van der Waals surface area (Å²) in [6, 6.07) is 19.6. The van der Waals surface area contributed by atoms with Gasteiger partial charge < -0.3 is 4.31 Å². The average Bonchev–Trinajstić information content (AvgIpc) is 3.06. The molecule has 25 heavy (non-hydrogen) atoms. The van der Waals surface area contributed by atoms with Gasteiger partial charge in [-0.3, -0.25) is 0 Å². The predicted molar refractivity (Wildman–Crippen MR) is 113 cm³/mol. The number of nitrogens with zero attached hydrogens (tertiary/aromatic N) is 2. The summed E-state index contributed by atoms with van der Waals surface area (Å²) in [6.45, 7) is 4.60. The van der Waals surface area contributed by atoms with Crippen LogP contribution in [0.25, 0.3) is 10.2 Å². The molecule has 0 radical (unpaired) electrons. The van der Waals surface area contributed by atoms with E-state index in [9.17, 15) is 0 Å². The molecule has 1 unspecified atom stereocenters. The lowest BCUT2D eigenvalue weighted by Crippen LogP contribution is -2.26. The molecule has 4 heteroatoms. The van der Waals surface area contributed by atoms with Crippen molar-refractivity contribution in [2.24, 2.45) is 0 Å². The maximum absolute atomic E-state index is 4.81. The van der Waals surface area contributed by atoms with Crippen molar-refractivity contribution >= 4 is 39.2 Å². The summed E-state index contributed by atoms with van der Waals surface area (Å²) in [5.41, 5.74) is 2.35. The molecule has 3 rings (SSSR count). The number of unbranched alkanes of at least 4 members (excludes halogenated alkanes) is 3. The maximum atomic E-state index is 4.81. The maximum Gasteiger partial charge on any atom is 0.171 e. The molecule has 0 saturated heterocycles. The van der Waals surface area contributed by atoms with E-state index in [1.807, 2.05) is 0 Å². The number of para-hydroxylation sites is 2. The molecule has 0 fully saturated rings. The number of rotatable bonds is 9. The fourth-order valence-electron chi connectivity index (χ4n) is 2.93. The van der Waals surface area contributed by atoms with Crippen molar-refractivity contribution in [3.8, 4) is 0 Å². The summed E-state index contributed by atoms with van der Waals surface area (Å²) < 4.78 is 4.81. The zero-order valence-corrected chi connectivity index (χ0v) is 16.7. The molecule has 1 atom stereocenters. The summed E-state index contributed by atoms with van der Waals surface area (Å²) in [4.78, 5) is 4.81. The zero-order valence-electron chi connectivity index (χ0n) is 15.0. The number of hydrogen-bond donors (Lipinski definition) is 0. The second kappa shape index (κ2) is 9.25. The van der Waals surface area contributed by atoms with Crippen LogP contribution in [0.5, 0.6) is 0 Å². The van der Waals surface area contributed by atoms with E-state index >= 15 is 0 Å². The lowest BCUT2D eigenvalue weighted by Gasteiger charge is -2.29. The topological polar surface area (TPSA) is 16.1 Å². The van der Waals surface area contributed by atoms with Crippen molar-refractivity contribution in [3.05, 3.63) is 54.6 Å². The van der Waals surface area contributed by atoms with Gasteiger partial charge in [0.2, 0.25) is 0 Å². The van der Waals surface area contributed by atoms with E-state index in [1.165, 1.54) is 42.5 Å². The standard InChI is InChI=1S/C21H26N2S2/c1-3-4-5-7-12-17(2)23(18-13-8-6-9-14-18)25-21-22-19-15-10-11-16-20(19)24-21/h6,8-11,13-17H,3-5,7,12H2,1-2H3. The summed E-state index contributed by atoms with van der Waals surface area (Å²) in [6.07, 6.45) is 6.46. The molecule has 2 aromatic carbocycles. The minimum Gasteiger partial charge on any atom is -0.307 e. The third kappa shape index (κ3) is 4.99. The molecule has 0 saturated carbocycles. The van der Waals surface area contributed by atoms with Crippen LogP contribution in [0.2, 0.25) is 0 Å². The van der Waals surface area contributed by atoms with E-state index < -0.39 is 0 Å². The van der Waals surface area contributed by atoms with Crippen LogP contribution in [0.15, 0.2) is 58.9 Å². The average molecular weight is 371 g/mol. The van der Waals surface area contributed by atoms with Gasteiger partial charge in [0.1, 0.15) is 0 Å². The van der Waals surface area contributed by atoms with Crippen molar-refractivity contribution in [1.29, 1.82) is 0 Å². The molecule has 132 valence electrons. The highest BCUT2D eigenvalue weighted by Crippen LogP contribution is 2.36. The highest BCUT2D eigenvalue weighted by molar-refractivity contribution is 8.02. The van der Waals surface area contributed by atoms with Gasteiger partial charge in [0.05, 0.1) is 10.2 Å². The third-order valence-corrected chi connectivity index (χ3v) is 6.66. The summed E-state index contributed by atoms with van der Waals surface area (Å²) in [5, 5.41) is 0. The van der Waals surface area contributed by atoms with Crippen LogP contribution in [0.1, 0.15) is 46.0 Å². The molecule has 0 amide bonds. The van der Waals surface area contributed by atoms with Gasteiger partial charge in [-0.15, -0.1) is 11.3 Å². The minimum atomic E-state index is 0.483. The molecular formula is C21H26N2S2. The molecule has 0 spiro atoms. The van der Waals surface area contributed by atoms with E-state index in [4.69, 9.17) is 4.98 Å². The van der Waals surface area contributed by atoms with Crippen molar-refractivity contribution in [2.45, 2.75) is 56.3 Å². The Morgan fingerprint density at radius 1 is 1.00 bits per heavy atom. The number of benzene rings is 2. The van der Waals surface area contributed by atoms with E-state index in [0.29, 0.717) is 6.04 Å². The smallest absolute Gasteiger partial charge is 0.171 e. The van der Waals surface area contributed by atoms with E-state index in [2.05, 4.69) is 72.7 Å². The Labute approximate surface area is 159 Å². The fraction of sp³-hybridized carbons (Fsp3) is 0.381. The van der Waals surface area contributed by atoms with Crippen LogP contribution in [-0.2, 0) is 0 Å². The van der Waals surface area contributed by atoms with Crippen LogP contribution in [0, 0.1) is 0 Å². The molecule has 0 aliphatic carbocycles. The molecule has 2 nitrogen and oxygen atoms in total. The Morgan fingerprint density at radius 3 is 2.52 bits per heavy atom. The fourth-order valence-corrected chi connectivity index (χ4v) is 5.11. The van der Waals surface area contributed by atoms with Crippen LogP contribution < -0.4 is 4.31 Å². The van der Waals surface area contributed by atoms with Gasteiger partial charge in [0.15, 0.2) is 4.34 Å². The first-order valence-electron chi connectivity index (χ1n) is 9.15. The molecule has 0 bridgehead atoms. The van der Waals surface area contributed by atoms with Crippen molar-refractivity contribution in [2.75, 3.05) is 4.31 Å². The number of fused-ring (bicyclic) bond motifs is 1. The van der Waals surface area contributed by atoms with E-state index in [-0.39, 0.29) is 0 Å². The molecule has 1 heterocycles. The van der Waals surface area contributed by atoms with Gasteiger partial charge in [-0.25, -0.2) is 4.98 Å². The number of hydrogen-bond acceptors (Lipinski definition) is 4. The van der Waals surface area contributed by atoms with Crippen LogP contribution >= 0.6 is 23.3 Å². The molecule has 3 aromatic rings. The zero-order chi connectivity index (χ0) is 17.5. The van der Waals surface area contributed by atoms with Crippen molar-refractivity contribution in [1.82, 2.24) is 4.98 Å². The second-order valence-electron chi connectivity index (χ2n) is 6.40. The summed E-state index contributed by atoms with van der Waals surface area (Å²) in [7, 11) is 0. The van der Waals surface area contributed by atoms with E-state index in [1.54, 1.807) is 23.3 Å². The molecule has 1 aromatic heterocycles. The van der Waals surface area contributed by atoms with Gasteiger partial charge >= 0.3 is 0 Å². The van der Waals surface area contributed by atoms with Crippen molar-refractivity contribution in [3.63, 3.8) is 0 Å². The predicted octanol–water partition coefficient (Wildman–Crippen LogP) is 7.17. The minimum absolute atomic E-state index is 0.483. The monoisotopic (exact) mass is 370 g/mol. The third-order valence-electron chi connectivity index (χ3n) is 4.34. The first kappa shape index (κ1) is 18.3. The molecule has 0 aliphatic heterocycles. The number of thiazole rings is 1. The first-order valence-corrected chi connectivity index (χ1v) is 10.7. The van der Waals surface area contributed by atoms with Crippen LogP contribution in [0.3, 0.4) is 0 Å². The first-order chi connectivity index (χ1) is 12.3. The Morgan fingerprint density at radius 2 is 1.76 bits per heavy atom. The normalized spacial score (nSPS) is 12.4. The van der Waals surface area contributed by atoms with Crippen molar-refractivity contribution < 1.29 is 0 Å². The van der Waals surface area contributed by atoms with Gasteiger partial charge in [-0.05, 0) is 37.6 Å². The van der Waals surface area contributed by atoms with Crippen LogP contribution in [-0.4, -0.2) is 11.0 Å². The van der Waals surface area contributed by atoms with Gasteiger partial charge in [0, 0.05) is 23.7 Å².